The number of hydrogen-bond donors (Lipinski definition) is 0. The third kappa shape index (κ3) is 3.16. The maximum atomic E-state index is 12.4. The van der Waals surface area contributed by atoms with Crippen LogP contribution in [0.4, 0.5) is 0 Å². The van der Waals surface area contributed by atoms with Crippen molar-refractivity contribution >= 4 is 23.3 Å². The third-order valence-electron chi connectivity index (χ3n) is 3.74. The Hall–Kier alpha value is -1.35. The number of ketones is 1. The predicted molar refractivity (Wildman–Crippen MR) is 75.5 cm³/mol. The number of carbonyl (C=O) groups excluding carboxylic acids is 2. The van der Waals surface area contributed by atoms with Gasteiger partial charge in [-0.2, -0.15) is 0 Å². The van der Waals surface area contributed by atoms with Crippen molar-refractivity contribution in [2.75, 3.05) is 7.05 Å². The first-order chi connectivity index (χ1) is 8.99. The van der Waals surface area contributed by atoms with Crippen LogP contribution in [0.25, 0.3) is 0 Å². The molecule has 19 heavy (non-hydrogen) atoms. The van der Waals surface area contributed by atoms with Crippen molar-refractivity contribution in [2.45, 2.75) is 38.6 Å². The average molecular weight is 280 g/mol. The van der Waals surface area contributed by atoms with Crippen molar-refractivity contribution in [1.82, 2.24) is 4.90 Å². The molecule has 1 fully saturated rings. The molecular formula is C15H18ClNO2. The van der Waals surface area contributed by atoms with E-state index in [9.17, 15) is 9.59 Å². The van der Waals surface area contributed by atoms with Crippen molar-refractivity contribution in [2.24, 2.45) is 0 Å². The highest BCUT2D eigenvalue weighted by Gasteiger charge is 2.26. The van der Waals surface area contributed by atoms with Crippen LogP contribution in [-0.2, 0) is 4.79 Å². The van der Waals surface area contributed by atoms with E-state index in [0.717, 1.165) is 18.4 Å². The fraction of sp³-hybridized carbons (Fsp3) is 0.467. The zero-order valence-electron chi connectivity index (χ0n) is 11.3. The highest BCUT2D eigenvalue weighted by atomic mass is 35.5. The SMILES string of the molecule is Cc1ccc(C(=O)N(C)C2CCC(=O)CC2)c(Cl)c1. The second kappa shape index (κ2) is 5.74. The zero-order chi connectivity index (χ0) is 14.0. The summed E-state index contributed by atoms with van der Waals surface area (Å²) >= 11 is 6.13. The molecule has 0 unspecified atom stereocenters. The number of benzene rings is 1. The molecule has 0 bridgehead atoms. The Bertz CT molecular complexity index is 503. The Kier molecular flexibility index (Phi) is 4.25. The van der Waals surface area contributed by atoms with Gasteiger partial charge < -0.3 is 4.90 Å². The van der Waals surface area contributed by atoms with E-state index >= 15 is 0 Å². The standard InChI is InChI=1S/C15H18ClNO2/c1-10-3-8-13(14(16)9-10)15(19)17(2)11-4-6-12(18)7-5-11/h3,8-9,11H,4-7H2,1-2H3. The minimum Gasteiger partial charge on any atom is -0.339 e. The van der Waals surface area contributed by atoms with Gasteiger partial charge in [-0.1, -0.05) is 17.7 Å². The predicted octanol–water partition coefficient (Wildman–Crippen LogP) is 3.23. The molecule has 1 aromatic carbocycles. The van der Waals surface area contributed by atoms with Gasteiger partial charge in [-0.15, -0.1) is 0 Å². The summed E-state index contributed by atoms with van der Waals surface area (Å²) in [4.78, 5) is 25.4. The lowest BCUT2D eigenvalue weighted by Gasteiger charge is -2.31. The van der Waals surface area contributed by atoms with Crippen LogP contribution in [0.15, 0.2) is 18.2 Å². The van der Waals surface area contributed by atoms with Gasteiger partial charge in [0.25, 0.3) is 5.91 Å². The summed E-state index contributed by atoms with van der Waals surface area (Å²) in [7, 11) is 1.79. The van der Waals surface area contributed by atoms with Gasteiger partial charge in [-0.3, -0.25) is 9.59 Å². The van der Waals surface area contributed by atoms with Gasteiger partial charge in [0.1, 0.15) is 5.78 Å². The molecule has 3 nitrogen and oxygen atoms in total. The summed E-state index contributed by atoms with van der Waals surface area (Å²) in [5, 5.41) is 0.490. The maximum Gasteiger partial charge on any atom is 0.255 e. The fourth-order valence-electron chi connectivity index (χ4n) is 2.46. The Labute approximate surface area is 118 Å². The molecule has 0 aromatic heterocycles. The van der Waals surface area contributed by atoms with Crippen molar-refractivity contribution in [1.29, 1.82) is 0 Å². The Morgan fingerprint density at radius 2 is 1.95 bits per heavy atom. The van der Waals surface area contributed by atoms with Crippen molar-refractivity contribution < 1.29 is 9.59 Å². The Balaban J connectivity index is 2.12. The fourth-order valence-corrected chi connectivity index (χ4v) is 2.78. The van der Waals surface area contributed by atoms with Gasteiger partial charge in [0, 0.05) is 25.9 Å². The first-order valence-corrected chi connectivity index (χ1v) is 6.92. The molecule has 0 radical (unpaired) electrons. The van der Waals surface area contributed by atoms with Crippen LogP contribution in [0.5, 0.6) is 0 Å². The number of Topliss-reactive ketones (excluding diaryl/α,β-unsaturated/α-hetero) is 1. The third-order valence-corrected chi connectivity index (χ3v) is 4.05. The van der Waals surface area contributed by atoms with E-state index in [0.29, 0.717) is 29.2 Å². The molecule has 0 saturated heterocycles. The number of aryl methyl sites for hydroxylation is 1. The molecule has 2 rings (SSSR count). The molecule has 102 valence electrons. The summed E-state index contributed by atoms with van der Waals surface area (Å²) in [6, 6.07) is 5.59. The van der Waals surface area contributed by atoms with Crippen molar-refractivity contribution in [3.8, 4) is 0 Å². The number of carbonyl (C=O) groups is 2. The normalized spacial score (nSPS) is 16.5. The van der Waals surface area contributed by atoms with Gasteiger partial charge in [0.2, 0.25) is 0 Å². The quantitative estimate of drug-likeness (QED) is 0.833. The molecule has 1 saturated carbocycles. The van der Waals surface area contributed by atoms with Gasteiger partial charge >= 0.3 is 0 Å². The molecular weight excluding hydrogens is 262 g/mol. The van der Waals surface area contributed by atoms with E-state index in [1.807, 2.05) is 13.0 Å². The molecule has 0 spiro atoms. The summed E-state index contributed by atoms with van der Waals surface area (Å²) in [5.74, 6) is 0.231. The van der Waals surface area contributed by atoms with E-state index in [4.69, 9.17) is 11.6 Å². The molecule has 1 aliphatic rings. The molecule has 1 amide bonds. The maximum absolute atomic E-state index is 12.4. The van der Waals surface area contributed by atoms with Crippen molar-refractivity contribution in [3.05, 3.63) is 34.3 Å². The first-order valence-electron chi connectivity index (χ1n) is 6.54. The van der Waals surface area contributed by atoms with Gasteiger partial charge in [-0.25, -0.2) is 0 Å². The number of rotatable bonds is 2. The van der Waals surface area contributed by atoms with E-state index in [1.54, 1.807) is 24.1 Å². The molecule has 0 heterocycles. The lowest BCUT2D eigenvalue weighted by atomic mass is 9.93. The lowest BCUT2D eigenvalue weighted by Crippen LogP contribution is -2.39. The highest BCUT2D eigenvalue weighted by Crippen LogP contribution is 2.24. The number of halogens is 1. The minimum atomic E-state index is -0.0654. The molecule has 1 aliphatic carbocycles. The number of amides is 1. The van der Waals surface area contributed by atoms with Gasteiger partial charge in [0.05, 0.1) is 10.6 Å². The monoisotopic (exact) mass is 279 g/mol. The number of hydrogen-bond acceptors (Lipinski definition) is 2. The molecule has 1 aromatic rings. The van der Waals surface area contributed by atoms with Crippen LogP contribution in [0, 0.1) is 6.92 Å². The zero-order valence-corrected chi connectivity index (χ0v) is 12.0. The summed E-state index contributed by atoms with van der Waals surface area (Å²) in [6.07, 6.45) is 2.66. The smallest absolute Gasteiger partial charge is 0.255 e. The molecule has 0 atom stereocenters. The second-order valence-electron chi connectivity index (χ2n) is 5.17. The first kappa shape index (κ1) is 14.1. The van der Waals surface area contributed by atoms with Crippen LogP contribution < -0.4 is 0 Å². The Morgan fingerprint density at radius 1 is 1.32 bits per heavy atom. The van der Waals surface area contributed by atoms with Crippen LogP contribution in [0.1, 0.15) is 41.6 Å². The van der Waals surface area contributed by atoms with Crippen LogP contribution in [0.3, 0.4) is 0 Å². The molecule has 0 aliphatic heterocycles. The molecule has 4 heteroatoms. The highest BCUT2D eigenvalue weighted by molar-refractivity contribution is 6.33. The van der Waals surface area contributed by atoms with Crippen LogP contribution >= 0.6 is 11.6 Å². The van der Waals surface area contributed by atoms with E-state index < -0.39 is 0 Å². The minimum absolute atomic E-state index is 0.0654. The summed E-state index contributed by atoms with van der Waals surface area (Å²) in [6.45, 7) is 1.94. The average Bonchev–Trinajstić information content (AvgIpc) is 2.38. The lowest BCUT2D eigenvalue weighted by molar-refractivity contribution is -0.121. The van der Waals surface area contributed by atoms with Crippen LogP contribution in [-0.4, -0.2) is 29.7 Å². The largest absolute Gasteiger partial charge is 0.339 e. The summed E-state index contributed by atoms with van der Waals surface area (Å²) < 4.78 is 0. The van der Waals surface area contributed by atoms with Crippen molar-refractivity contribution in [3.63, 3.8) is 0 Å². The van der Waals surface area contributed by atoms with E-state index in [1.165, 1.54) is 0 Å². The molecule has 0 N–H and O–H groups in total. The van der Waals surface area contributed by atoms with Crippen LogP contribution in [0.2, 0.25) is 5.02 Å². The van der Waals surface area contributed by atoms with Gasteiger partial charge in [0.15, 0.2) is 0 Å². The topological polar surface area (TPSA) is 37.4 Å². The summed E-state index contributed by atoms with van der Waals surface area (Å²) in [5.41, 5.74) is 1.57. The van der Waals surface area contributed by atoms with E-state index in [2.05, 4.69) is 0 Å². The number of nitrogens with zero attached hydrogens (tertiary/aromatic N) is 1. The van der Waals surface area contributed by atoms with E-state index in [-0.39, 0.29) is 11.9 Å². The van der Waals surface area contributed by atoms with Gasteiger partial charge in [-0.05, 0) is 37.5 Å². The Morgan fingerprint density at radius 3 is 2.53 bits per heavy atom. The second-order valence-corrected chi connectivity index (χ2v) is 5.58.